The third-order valence-electron chi connectivity index (χ3n) is 2.93. The highest BCUT2D eigenvalue weighted by Crippen LogP contribution is 2.18. The Morgan fingerprint density at radius 1 is 1.28 bits per heavy atom. The molecule has 0 aliphatic carbocycles. The molecule has 1 aromatic heterocycles. The average Bonchev–Trinajstić information content (AvgIpc) is 2.75. The maximum atomic E-state index is 10.8. The van der Waals surface area contributed by atoms with E-state index in [4.69, 9.17) is 9.52 Å². The Balaban J connectivity index is 2.12. The largest absolute Gasteiger partial charge is 0.478 e. The van der Waals surface area contributed by atoms with Gasteiger partial charge >= 0.3 is 5.97 Å². The van der Waals surface area contributed by atoms with Crippen molar-refractivity contribution in [3.05, 3.63) is 53.5 Å². The number of aryl methyl sites for hydroxylation is 1. The number of furan rings is 1. The molecular formula is C14H15NO3. The van der Waals surface area contributed by atoms with E-state index >= 15 is 0 Å². The van der Waals surface area contributed by atoms with Crippen LogP contribution in [0.4, 0.5) is 5.69 Å². The smallest absolute Gasteiger partial charge is 0.335 e. The van der Waals surface area contributed by atoms with Gasteiger partial charge in [0.1, 0.15) is 5.76 Å². The predicted octanol–water partition coefficient (Wildman–Crippen LogP) is 2.92. The van der Waals surface area contributed by atoms with Crippen molar-refractivity contribution in [1.29, 1.82) is 0 Å². The Labute approximate surface area is 105 Å². The highest BCUT2D eigenvalue weighted by molar-refractivity contribution is 5.88. The summed E-state index contributed by atoms with van der Waals surface area (Å²) in [5, 5.41) is 8.83. The van der Waals surface area contributed by atoms with Crippen molar-refractivity contribution in [3.63, 3.8) is 0 Å². The molecule has 1 aromatic carbocycles. The molecule has 0 amide bonds. The molecule has 0 aliphatic rings. The van der Waals surface area contributed by atoms with Gasteiger partial charge in [-0.1, -0.05) is 0 Å². The molecule has 4 heteroatoms. The van der Waals surface area contributed by atoms with E-state index in [0.29, 0.717) is 5.56 Å². The second kappa shape index (κ2) is 4.96. The van der Waals surface area contributed by atoms with E-state index in [0.717, 1.165) is 23.6 Å². The fourth-order valence-electron chi connectivity index (χ4n) is 1.78. The van der Waals surface area contributed by atoms with Crippen LogP contribution in [0.5, 0.6) is 0 Å². The number of nitrogens with zero attached hydrogens (tertiary/aromatic N) is 1. The standard InChI is InChI=1S/C14H15NO3/c1-10-12(7-8-18-10)9-15(2)13-5-3-11(4-6-13)14(16)17/h3-8H,9H2,1-2H3,(H,16,17). The van der Waals surface area contributed by atoms with Gasteiger partial charge in [-0.15, -0.1) is 0 Å². The molecule has 1 heterocycles. The minimum Gasteiger partial charge on any atom is -0.478 e. The number of rotatable bonds is 4. The highest BCUT2D eigenvalue weighted by Gasteiger charge is 2.07. The molecule has 18 heavy (non-hydrogen) atoms. The molecule has 0 aliphatic heterocycles. The van der Waals surface area contributed by atoms with Crippen LogP contribution in [-0.2, 0) is 6.54 Å². The van der Waals surface area contributed by atoms with Crippen LogP contribution in [0.1, 0.15) is 21.7 Å². The third-order valence-corrected chi connectivity index (χ3v) is 2.93. The summed E-state index contributed by atoms with van der Waals surface area (Å²) in [6, 6.07) is 8.77. The fraction of sp³-hybridized carbons (Fsp3) is 0.214. The summed E-state index contributed by atoms with van der Waals surface area (Å²) >= 11 is 0. The lowest BCUT2D eigenvalue weighted by Gasteiger charge is -2.19. The minimum absolute atomic E-state index is 0.298. The molecule has 0 unspecified atom stereocenters. The number of carbonyl (C=O) groups is 1. The number of hydrogen-bond acceptors (Lipinski definition) is 3. The molecule has 0 fully saturated rings. The first-order valence-electron chi connectivity index (χ1n) is 5.65. The van der Waals surface area contributed by atoms with Gasteiger partial charge in [0.15, 0.2) is 0 Å². The average molecular weight is 245 g/mol. The topological polar surface area (TPSA) is 53.7 Å². The van der Waals surface area contributed by atoms with E-state index in [1.165, 1.54) is 0 Å². The van der Waals surface area contributed by atoms with Crippen molar-refractivity contribution in [2.45, 2.75) is 13.5 Å². The van der Waals surface area contributed by atoms with Crippen molar-refractivity contribution < 1.29 is 14.3 Å². The second-order valence-electron chi connectivity index (χ2n) is 4.21. The molecule has 0 bridgehead atoms. The first-order chi connectivity index (χ1) is 8.58. The van der Waals surface area contributed by atoms with Crippen molar-refractivity contribution in [2.24, 2.45) is 0 Å². The van der Waals surface area contributed by atoms with Gasteiger partial charge in [0.05, 0.1) is 11.8 Å². The summed E-state index contributed by atoms with van der Waals surface area (Å²) in [5.74, 6) is -0.00103. The van der Waals surface area contributed by atoms with Crippen LogP contribution < -0.4 is 4.90 Å². The summed E-state index contributed by atoms with van der Waals surface area (Å²) in [5.41, 5.74) is 2.40. The van der Waals surface area contributed by atoms with Gasteiger partial charge in [-0.2, -0.15) is 0 Å². The highest BCUT2D eigenvalue weighted by atomic mass is 16.4. The van der Waals surface area contributed by atoms with E-state index in [1.807, 2.05) is 24.9 Å². The lowest BCUT2D eigenvalue weighted by atomic mass is 10.2. The van der Waals surface area contributed by atoms with Crippen LogP contribution in [0, 0.1) is 6.92 Å². The quantitative estimate of drug-likeness (QED) is 0.899. The Hall–Kier alpha value is -2.23. The second-order valence-corrected chi connectivity index (χ2v) is 4.21. The van der Waals surface area contributed by atoms with Crippen molar-refractivity contribution in [1.82, 2.24) is 0 Å². The molecule has 2 rings (SSSR count). The molecule has 2 aromatic rings. The molecule has 94 valence electrons. The Morgan fingerprint density at radius 2 is 1.94 bits per heavy atom. The van der Waals surface area contributed by atoms with Crippen LogP contribution in [0.15, 0.2) is 41.0 Å². The zero-order chi connectivity index (χ0) is 13.1. The van der Waals surface area contributed by atoms with Gasteiger partial charge in [0.25, 0.3) is 0 Å². The molecule has 0 atom stereocenters. The van der Waals surface area contributed by atoms with Gasteiger partial charge in [0, 0.05) is 24.8 Å². The SMILES string of the molecule is Cc1occc1CN(C)c1ccc(C(=O)O)cc1. The van der Waals surface area contributed by atoms with E-state index in [2.05, 4.69) is 0 Å². The minimum atomic E-state index is -0.908. The van der Waals surface area contributed by atoms with E-state index in [9.17, 15) is 4.79 Å². The fourth-order valence-corrected chi connectivity index (χ4v) is 1.78. The van der Waals surface area contributed by atoms with E-state index in [1.54, 1.807) is 30.5 Å². The molecule has 0 saturated carbocycles. The van der Waals surface area contributed by atoms with Crippen LogP contribution in [-0.4, -0.2) is 18.1 Å². The molecular weight excluding hydrogens is 230 g/mol. The molecule has 0 saturated heterocycles. The Bertz CT molecular complexity index is 542. The van der Waals surface area contributed by atoms with Crippen molar-refractivity contribution in [3.8, 4) is 0 Å². The molecule has 4 nitrogen and oxygen atoms in total. The lowest BCUT2D eigenvalue weighted by Crippen LogP contribution is -2.16. The monoisotopic (exact) mass is 245 g/mol. The van der Waals surface area contributed by atoms with E-state index < -0.39 is 5.97 Å². The summed E-state index contributed by atoms with van der Waals surface area (Å²) in [6.45, 7) is 2.66. The van der Waals surface area contributed by atoms with Crippen LogP contribution in [0.2, 0.25) is 0 Å². The first-order valence-corrected chi connectivity index (χ1v) is 5.65. The Kier molecular flexibility index (Phi) is 3.37. The molecule has 0 spiro atoms. The number of carboxylic acids is 1. The van der Waals surface area contributed by atoms with Gasteiger partial charge in [0.2, 0.25) is 0 Å². The van der Waals surface area contributed by atoms with Gasteiger partial charge in [-0.25, -0.2) is 4.79 Å². The zero-order valence-electron chi connectivity index (χ0n) is 10.4. The number of aromatic carboxylic acids is 1. The normalized spacial score (nSPS) is 10.3. The number of hydrogen-bond donors (Lipinski definition) is 1. The van der Waals surface area contributed by atoms with Crippen molar-refractivity contribution >= 4 is 11.7 Å². The van der Waals surface area contributed by atoms with Crippen LogP contribution in [0.3, 0.4) is 0 Å². The van der Waals surface area contributed by atoms with Crippen LogP contribution >= 0.6 is 0 Å². The maximum Gasteiger partial charge on any atom is 0.335 e. The van der Waals surface area contributed by atoms with Crippen molar-refractivity contribution in [2.75, 3.05) is 11.9 Å². The summed E-state index contributed by atoms with van der Waals surface area (Å²) in [7, 11) is 1.96. The number of benzene rings is 1. The van der Waals surface area contributed by atoms with Crippen LogP contribution in [0.25, 0.3) is 0 Å². The summed E-state index contributed by atoms with van der Waals surface area (Å²) in [4.78, 5) is 12.8. The van der Waals surface area contributed by atoms with Gasteiger partial charge < -0.3 is 14.4 Å². The summed E-state index contributed by atoms with van der Waals surface area (Å²) < 4.78 is 5.25. The lowest BCUT2D eigenvalue weighted by molar-refractivity contribution is 0.0697. The third kappa shape index (κ3) is 2.53. The predicted molar refractivity (Wildman–Crippen MR) is 69.0 cm³/mol. The number of carboxylic acid groups (broad SMARTS) is 1. The molecule has 0 radical (unpaired) electrons. The van der Waals surface area contributed by atoms with E-state index in [-0.39, 0.29) is 0 Å². The Morgan fingerprint density at radius 3 is 2.44 bits per heavy atom. The molecule has 1 N–H and O–H groups in total. The summed E-state index contributed by atoms with van der Waals surface area (Å²) in [6.07, 6.45) is 1.67. The van der Waals surface area contributed by atoms with Gasteiger partial charge in [-0.3, -0.25) is 0 Å². The van der Waals surface area contributed by atoms with Gasteiger partial charge in [-0.05, 0) is 37.3 Å². The zero-order valence-corrected chi connectivity index (χ0v) is 10.4. The maximum absolute atomic E-state index is 10.8. The number of anilines is 1. The first kappa shape index (κ1) is 12.2.